The van der Waals surface area contributed by atoms with Crippen LogP contribution in [0, 0.1) is 13.5 Å². The van der Waals surface area contributed by atoms with Crippen molar-refractivity contribution < 1.29 is 9.13 Å². The van der Waals surface area contributed by atoms with Gasteiger partial charge in [-0.15, -0.1) is 0 Å². The van der Waals surface area contributed by atoms with Gasteiger partial charge in [-0.05, 0) is 32.9 Å². The molecule has 0 aromatic carbocycles. The molecular formula is C19H23ClFN7O. The van der Waals surface area contributed by atoms with Crippen LogP contribution in [0.15, 0.2) is 12.4 Å². The van der Waals surface area contributed by atoms with E-state index in [1.54, 1.807) is 0 Å². The molecule has 0 amide bonds. The first-order valence-corrected chi connectivity index (χ1v) is 10.1. The summed E-state index contributed by atoms with van der Waals surface area (Å²) in [6.07, 6.45) is 5.76. The predicted molar refractivity (Wildman–Crippen MR) is 107 cm³/mol. The van der Waals surface area contributed by atoms with E-state index in [-0.39, 0.29) is 29.6 Å². The summed E-state index contributed by atoms with van der Waals surface area (Å²) in [5, 5.41) is 11.0. The second kappa shape index (κ2) is 8.13. The monoisotopic (exact) mass is 419 g/mol. The van der Waals surface area contributed by atoms with Crippen LogP contribution in [-0.4, -0.2) is 51.2 Å². The zero-order valence-corrected chi connectivity index (χ0v) is 16.9. The van der Waals surface area contributed by atoms with Crippen molar-refractivity contribution in [1.82, 2.24) is 25.1 Å². The van der Waals surface area contributed by atoms with Crippen molar-refractivity contribution in [2.45, 2.75) is 50.4 Å². The molecule has 8 nitrogen and oxygen atoms in total. The topological polar surface area (TPSA) is 81.2 Å². The van der Waals surface area contributed by atoms with E-state index in [0.29, 0.717) is 31.9 Å². The number of nitrogens with one attached hydrogen (secondary N) is 2. The number of ether oxygens (including phenoxy) is 1. The average molecular weight is 420 g/mol. The number of hydrogen-bond acceptors (Lipinski definition) is 6. The molecule has 2 fully saturated rings. The Bertz CT molecular complexity index is 916. The number of aromatic nitrogens is 4. The minimum Gasteiger partial charge on any atom is -0.473 e. The minimum atomic E-state index is -1.38. The Morgan fingerprint density at radius 3 is 2.93 bits per heavy atom. The van der Waals surface area contributed by atoms with Gasteiger partial charge in [0.15, 0.2) is 0 Å². The lowest BCUT2D eigenvalue weighted by Gasteiger charge is -2.29. The summed E-state index contributed by atoms with van der Waals surface area (Å²) >= 11 is 6.14. The van der Waals surface area contributed by atoms with Gasteiger partial charge < -0.3 is 20.2 Å². The third-order valence-electron chi connectivity index (χ3n) is 5.49. The second-order valence-electron chi connectivity index (χ2n) is 7.68. The van der Waals surface area contributed by atoms with Crippen molar-refractivity contribution in [2.24, 2.45) is 0 Å². The van der Waals surface area contributed by atoms with E-state index in [1.165, 1.54) is 6.20 Å². The number of hydrogen-bond donors (Lipinski definition) is 2. The summed E-state index contributed by atoms with van der Waals surface area (Å²) in [6, 6.07) is 0.345. The maximum atomic E-state index is 14.8. The molecule has 10 heteroatoms. The Balaban J connectivity index is 1.42. The van der Waals surface area contributed by atoms with Crippen LogP contribution in [0.3, 0.4) is 0 Å². The Kier molecular flexibility index (Phi) is 5.56. The zero-order chi connectivity index (χ0) is 20.4. The van der Waals surface area contributed by atoms with Crippen LogP contribution in [0.25, 0.3) is 4.85 Å². The standard InChI is InChI=1S/C19H23ClFN7O/c1-12-16(10-28(27-12)14-7-13(8-14)22-2)25-18-24-9-15(20)17(26-18)29-11-19(21)3-5-23-6-4-19/h9-10,13-14,23H,3-8,11H2,1H3,(H,24,25,26). The van der Waals surface area contributed by atoms with Crippen LogP contribution in [0.5, 0.6) is 5.88 Å². The number of rotatable bonds is 6. The van der Waals surface area contributed by atoms with E-state index in [2.05, 4.69) is 30.5 Å². The van der Waals surface area contributed by atoms with E-state index in [1.807, 2.05) is 17.8 Å². The van der Waals surface area contributed by atoms with Gasteiger partial charge in [-0.1, -0.05) is 11.6 Å². The van der Waals surface area contributed by atoms with Gasteiger partial charge in [-0.25, -0.2) is 15.9 Å². The van der Waals surface area contributed by atoms with Crippen molar-refractivity contribution in [3.05, 3.63) is 34.5 Å². The molecule has 1 saturated heterocycles. The fraction of sp³-hybridized carbons (Fsp3) is 0.579. The van der Waals surface area contributed by atoms with Gasteiger partial charge in [0.25, 0.3) is 0 Å². The molecule has 4 rings (SSSR count). The molecule has 0 atom stereocenters. The van der Waals surface area contributed by atoms with Crippen molar-refractivity contribution in [3.63, 3.8) is 0 Å². The summed E-state index contributed by atoms with van der Waals surface area (Å²) in [6.45, 7) is 10.1. The molecule has 29 heavy (non-hydrogen) atoms. The van der Waals surface area contributed by atoms with Crippen LogP contribution in [-0.2, 0) is 0 Å². The first kappa shape index (κ1) is 19.9. The molecular weight excluding hydrogens is 397 g/mol. The molecule has 1 aliphatic heterocycles. The SMILES string of the molecule is [C-]#[N+]C1CC(n2cc(Nc3ncc(Cl)c(OCC4(F)CCNCC4)n3)c(C)n2)C1. The molecule has 0 spiro atoms. The maximum absolute atomic E-state index is 14.8. The summed E-state index contributed by atoms with van der Waals surface area (Å²) < 4.78 is 22.3. The Morgan fingerprint density at radius 2 is 2.21 bits per heavy atom. The van der Waals surface area contributed by atoms with Gasteiger partial charge in [-0.3, -0.25) is 4.68 Å². The number of halogens is 2. The Morgan fingerprint density at radius 1 is 1.45 bits per heavy atom. The van der Waals surface area contributed by atoms with Crippen LogP contribution in [0.1, 0.15) is 37.4 Å². The van der Waals surface area contributed by atoms with Gasteiger partial charge in [0.05, 0.1) is 23.6 Å². The lowest BCUT2D eigenvalue weighted by Crippen LogP contribution is -2.42. The lowest BCUT2D eigenvalue weighted by molar-refractivity contribution is 0.0520. The van der Waals surface area contributed by atoms with Crippen molar-refractivity contribution >= 4 is 23.2 Å². The number of piperidine rings is 1. The molecule has 2 aromatic heterocycles. The number of alkyl halides is 1. The third-order valence-corrected chi connectivity index (χ3v) is 5.75. The normalized spacial score (nSPS) is 23.1. The quantitative estimate of drug-likeness (QED) is 0.698. The van der Waals surface area contributed by atoms with Gasteiger partial charge >= 0.3 is 0 Å². The maximum Gasteiger partial charge on any atom is 0.237 e. The summed E-state index contributed by atoms with van der Waals surface area (Å²) in [7, 11) is 0. The highest BCUT2D eigenvalue weighted by molar-refractivity contribution is 6.31. The molecule has 0 bridgehead atoms. The van der Waals surface area contributed by atoms with E-state index in [0.717, 1.165) is 24.2 Å². The summed E-state index contributed by atoms with van der Waals surface area (Å²) in [4.78, 5) is 12.0. The van der Waals surface area contributed by atoms with Gasteiger partial charge in [0.2, 0.25) is 17.9 Å². The van der Waals surface area contributed by atoms with Crippen molar-refractivity contribution in [2.75, 3.05) is 25.0 Å². The highest BCUT2D eigenvalue weighted by Crippen LogP contribution is 2.35. The first-order valence-electron chi connectivity index (χ1n) is 9.70. The average Bonchev–Trinajstić information content (AvgIpc) is 3.02. The largest absolute Gasteiger partial charge is 0.473 e. The molecule has 2 aliphatic rings. The fourth-order valence-corrected chi connectivity index (χ4v) is 3.67. The number of aryl methyl sites for hydroxylation is 1. The smallest absolute Gasteiger partial charge is 0.237 e. The lowest BCUT2D eigenvalue weighted by atomic mass is 9.88. The molecule has 2 aromatic rings. The van der Waals surface area contributed by atoms with E-state index >= 15 is 0 Å². The minimum absolute atomic E-state index is 0.0916. The van der Waals surface area contributed by atoms with Gasteiger partial charge in [0.1, 0.15) is 17.3 Å². The second-order valence-corrected chi connectivity index (χ2v) is 8.08. The van der Waals surface area contributed by atoms with E-state index in [9.17, 15) is 4.39 Å². The number of nitrogens with zero attached hydrogens (tertiary/aromatic N) is 5. The molecule has 1 aliphatic carbocycles. The molecule has 0 unspecified atom stereocenters. The highest BCUT2D eigenvalue weighted by atomic mass is 35.5. The van der Waals surface area contributed by atoms with Crippen LogP contribution < -0.4 is 15.4 Å². The summed E-state index contributed by atoms with van der Waals surface area (Å²) in [5.41, 5.74) is 0.191. The number of anilines is 2. The molecule has 3 heterocycles. The molecule has 154 valence electrons. The van der Waals surface area contributed by atoms with Crippen molar-refractivity contribution in [1.29, 1.82) is 0 Å². The van der Waals surface area contributed by atoms with E-state index in [4.69, 9.17) is 22.9 Å². The first-order chi connectivity index (χ1) is 14.0. The van der Waals surface area contributed by atoms with Crippen LogP contribution in [0.2, 0.25) is 5.02 Å². The molecule has 2 N–H and O–H groups in total. The Hall–Kier alpha value is -2.44. The van der Waals surface area contributed by atoms with Gasteiger partial charge in [-0.2, -0.15) is 10.1 Å². The highest BCUT2D eigenvalue weighted by Gasteiger charge is 2.36. The third kappa shape index (κ3) is 4.43. The van der Waals surface area contributed by atoms with Gasteiger partial charge in [0, 0.05) is 19.0 Å². The molecule has 1 saturated carbocycles. The zero-order valence-electron chi connectivity index (χ0n) is 16.2. The van der Waals surface area contributed by atoms with Crippen molar-refractivity contribution in [3.8, 4) is 5.88 Å². The van der Waals surface area contributed by atoms with E-state index < -0.39 is 5.67 Å². The van der Waals surface area contributed by atoms with Crippen LogP contribution >= 0.6 is 11.6 Å². The summed E-state index contributed by atoms with van der Waals surface area (Å²) in [5.74, 6) is 0.460. The Labute approximate surface area is 173 Å². The fourth-order valence-electron chi connectivity index (χ4n) is 3.52. The van der Waals surface area contributed by atoms with Crippen LogP contribution in [0.4, 0.5) is 16.0 Å². The predicted octanol–water partition coefficient (Wildman–Crippen LogP) is 3.47. The molecule has 0 radical (unpaired) electrons.